The molecular formula is C9H21NO2. The maximum absolute atomic E-state index is 9.41. The number of hydrogen-bond donors (Lipinski definition) is 3. The highest BCUT2D eigenvalue weighted by molar-refractivity contribution is 4.75. The lowest BCUT2D eigenvalue weighted by molar-refractivity contribution is 0.00157. The minimum atomic E-state index is -0.995. The Morgan fingerprint density at radius 3 is 1.92 bits per heavy atom. The third-order valence-corrected chi connectivity index (χ3v) is 1.50. The normalized spacial score (nSPS) is 17.5. The van der Waals surface area contributed by atoms with Crippen molar-refractivity contribution in [2.24, 2.45) is 5.41 Å². The van der Waals surface area contributed by atoms with Crippen molar-refractivity contribution in [1.82, 2.24) is 5.32 Å². The minimum Gasteiger partial charge on any atom is -0.393 e. The van der Waals surface area contributed by atoms with Gasteiger partial charge in [-0.15, -0.1) is 0 Å². The van der Waals surface area contributed by atoms with E-state index < -0.39 is 5.60 Å². The zero-order chi connectivity index (χ0) is 9.83. The van der Waals surface area contributed by atoms with Crippen molar-refractivity contribution in [3.05, 3.63) is 0 Å². The zero-order valence-corrected chi connectivity index (χ0v) is 8.52. The highest BCUT2D eigenvalue weighted by Crippen LogP contribution is 2.10. The molecule has 0 bridgehead atoms. The van der Waals surface area contributed by atoms with Crippen molar-refractivity contribution in [1.29, 1.82) is 0 Å². The molecule has 3 heteroatoms. The molecule has 0 aliphatic heterocycles. The summed E-state index contributed by atoms with van der Waals surface area (Å²) < 4.78 is 0. The van der Waals surface area contributed by atoms with E-state index >= 15 is 0 Å². The molecule has 1 unspecified atom stereocenters. The van der Waals surface area contributed by atoms with Gasteiger partial charge in [0.05, 0.1) is 12.2 Å². The molecule has 74 valence electrons. The van der Waals surface area contributed by atoms with Crippen molar-refractivity contribution >= 4 is 0 Å². The molecule has 0 rings (SSSR count). The Hall–Kier alpha value is -0.120. The van der Waals surface area contributed by atoms with Gasteiger partial charge in [0, 0.05) is 13.1 Å². The quantitative estimate of drug-likeness (QED) is 0.578. The molecule has 1 atom stereocenters. The predicted molar refractivity (Wildman–Crippen MR) is 50.0 cm³/mol. The van der Waals surface area contributed by atoms with Crippen LogP contribution in [0.2, 0.25) is 0 Å². The van der Waals surface area contributed by atoms with E-state index in [4.69, 9.17) is 5.11 Å². The van der Waals surface area contributed by atoms with Crippen LogP contribution in [0.15, 0.2) is 0 Å². The van der Waals surface area contributed by atoms with E-state index in [9.17, 15) is 5.11 Å². The van der Waals surface area contributed by atoms with Crippen LogP contribution in [0, 0.1) is 5.41 Å². The Bertz CT molecular complexity index is 127. The van der Waals surface area contributed by atoms with Crippen molar-refractivity contribution in [3.63, 3.8) is 0 Å². The van der Waals surface area contributed by atoms with Gasteiger partial charge in [-0.1, -0.05) is 20.8 Å². The van der Waals surface area contributed by atoms with E-state index in [1.54, 1.807) is 6.92 Å². The van der Waals surface area contributed by atoms with Crippen LogP contribution in [0.4, 0.5) is 0 Å². The maximum Gasteiger partial charge on any atom is 0.0972 e. The summed E-state index contributed by atoms with van der Waals surface area (Å²) in [6.07, 6.45) is 0. The van der Waals surface area contributed by atoms with Gasteiger partial charge < -0.3 is 15.5 Å². The second kappa shape index (κ2) is 4.21. The molecule has 3 N–H and O–H groups in total. The molecular weight excluding hydrogens is 154 g/mol. The van der Waals surface area contributed by atoms with Crippen LogP contribution >= 0.6 is 0 Å². The van der Waals surface area contributed by atoms with E-state index in [1.807, 2.05) is 0 Å². The fourth-order valence-corrected chi connectivity index (χ4v) is 0.763. The van der Waals surface area contributed by atoms with Crippen LogP contribution in [0.25, 0.3) is 0 Å². The number of rotatable bonds is 4. The molecule has 0 aliphatic rings. The van der Waals surface area contributed by atoms with E-state index in [0.29, 0.717) is 6.54 Å². The lowest BCUT2D eigenvalue weighted by Crippen LogP contribution is -2.43. The van der Waals surface area contributed by atoms with Crippen LogP contribution in [0.1, 0.15) is 27.7 Å². The third kappa shape index (κ3) is 6.58. The predicted octanol–water partition coefficient (Wildman–Crippen LogP) is 0.365. The zero-order valence-electron chi connectivity index (χ0n) is 8.52. The van der Waals surface area contributed by atoms with Crippen LogP contribution in [-0.4, -0.2) is 35.5 Å². The van der Waals surface area contributed by atoms with E-state index in [2.05, 4.69) is 26.1 Å². The average Bonchev–Trinajstić information content (AvgIpc) is 1.84. The monoisotopic (exact) mass is 175 g/mol. The van der Waals surface area contributed by atoms with Gasteiger partial charge in [0.1, 0.15) is 0 Å². The molecule has 0 aliphatic carbocycles. The van der Waals surface area contributed by atoms with Gasteiger partial charge in [0.2, 0.25) is 0 Å². The van der Waals surface area contributed by atoms with Gasteiger partial charge in [-0.05, 0) is 12.3 Å². The summed E-state index contributed by atoms with van der Waals surface area (Å²) in [5.74, 6) is 0. The van der Waals surface area contributed by atoms with Gasteiger partial charge >= 0.3 is 0 Å². The number of nitrogens with one attached hydrogen (secondary N) is 1. The van der Waals surface area contributed by atoms with Gasteiger partial charge in [0.25, 0.3) is 0 Å². The minimum absolute atomic E-state index is 0.204. The fourth-order valence-electron chi connectivity index (χ4n) is 0.763. The van der Waals surface area contributed by atoms with Crippen LogP contribution in [-0.2, 0) is 0 Å². The molecule has 0 aromatic heterocycles. The molecule has 0 amide bonds. The van der Waals surface area contributed by atoms with E-state index in [-0.39, 0.29) is 12.0 Å². The molecule has 0 aromatic rings. The second-order valence-electron chi connectivity index (χ2n) is 4.82. The Labute approximate surface area is 74.8 Å². The highest BCUT2D eigenvalue weighted by atomic mass is 16.3. The van der Waals surface area contributed by atoms with Crippen LogP contribution in [0.3, 0.4) is 0 Å². The van der Waals surface area contributed by atoms with Crippen molar-refractivity contribution in [3.8, 4) is 0 Å². The molecule has 0 saturated carbocycles. The Kier molecular flexibility index (Phi) is 4.17. The SMILES string of the molecule is CC(C)(C)CNCC(C)(O)CO. The molecule has 0 radical (unpaired) electrons. The number of aliphatic hydroxyl groups excluding tert-OH is 1. The van der Waals surface area contributed by atoms with E-state index in [0.717, 1.165) is 6.54 Å². The summed E-state index contributed by atoms with van der Waals surface area (Å²) in [7, 11) is 0. The summed E-state index contributed by atoms with van der Waals surface area (Å²) in [6, 6.07) is 0. The summed E-state index contributed by atoms with van der Waals surface area (Å²) in [6.45, 7) is 9.03. The lowest BCUT2D eigenvalue weighted by Gasteiger charge is -2.24. The Morgan fingerprint density at radius 2 is 1.58 bits per heavy atom. The summed E-state index contributed by atoms with van der Waals surface area (Å²) in [5, 5.41) is 21.2. The van der Waals surface area contributed by atoms with E-state index in [1.165, 1.54) is 0 Å². The van der Waals surface area contributed by atoms with Crippen molar-refractivity contribution in [2.75, 3.05) is 19.7 Å². The molecule has 3 nitrogen and oxygen atoms in total. The lowest BCUT2D eigenvalue weighted by atomic mass is 9.96. The number of aliphatic hydroxyl groups is 2. The molecule has 0 aromatic carbocycles. The van der Waals surface area contributed by atoms with Crippen molar-refractivity contribution < 1.29 is 10.2 Å². The molecule has 0 saturated heterocycles. The van der Waals surface area contributed by atoms with Gasteiger partial charge in [-0.3, -0.25) is 0 Å². The topological polar surface area (TPSA) is 52.5 Å². The fraction of sp³-hybridized carbons (Fsp3) is 1.00. The molecule has 12 heavy (non-hydrogen) atoms. The summed E-state index contributed by atoms with van der Waals surface area (Å²) in [4.78, 5) is 0. The summed E-state index contributed by atoms with van der Waals surface area (Å²) >= 11 is 0. The Balaban J connectivity index is 3.57. The molecule has 0 heterocycles. The first-order valence-electron chi connectivity index (χ1n) is 4.31. The first-order valence-corrected chi connectivity index (χ1v) is 4.31. The molecule has 0 spiro atoms. The van der Waals surface area contributed by atoms with Crippen LogP contribution < -0.4 is 5.32 Å². The maximum atomic E-state index is 9.41. The smallest absolute Gasteiger partial charge is 0.0972 e. The first-order chi connectivity index (χ1) is 5.27. The first kappa shape index (κ1) is 11.9. The average molecular weight is 175 g/mol. The summed E-state index contributed by atoms with van der Waals surface area (Å²) in [5.41, 5.74) is -0.781. The second-order valence-corrected chi connectivity index (χ2v) is 4.82. The third-order valence-electron chi connectivity index (χ3n) is 1.50. The largest absolute Gasteiger partial charge is 0.393 e. The standard InChI is InChI=1S/C9H21NO2/c1-8(2,3)5-10-6-9(4,12)7-11/h10-12H,5-7H2,1-4H3. The Morgan fingerprint density at radius 1 is 1.08 bits per heavy atom. The van der Waals surface area contributed by atoms with Gasteiger partial charge in [-0.2, -0.15) is 0 Å². The number of hydrogen-bond acceptors (Lipinski definition) is 3. The van der Waals surface area contributed by atoms with Crippen molar-refractivity contribution in [2.45, 2.75) is 33.3 Å². The van der Waals surface area contributed by atoms with Gasteiger partial charge in [0.15, 0.2) is 0 Å². The highest BCUT2D eigenvalue weighted by Gasteiger charge is 2.19. The molecule has 0 fully saturated rings. The van der Waals surface area contributed by atoms with Crippen LogP contribution in [0.5, 0.6) is 0 Å². The van der Waals surface area contributed by atoms with Gasteiger partial charge in [-0.25, -0.2) is 0 Å².